The fraction of sp³-hybridized carbons (Fsp3) is 0.161. The first kappa shape index (κ1) is 24.9. The number of aromatic nitrogens is 4. The summed E-state index contributed by atoms with van der Waals surface area (Å²) in [5.74, 6) is 0.629. The second kappa shape index (κ2) is 10.1. The summed E-state index contributed by atoms with van der Waals surface area (Å²) in [4.78, 5) is 24.8. The number of likely N-dealkylation sites (N-methyl/N-ethyl adjacent to an activating group) is 1. The number of benzene rings is 3. The number of nitrogens with zero attached hydrogens (tertiary/aromatic N) is 6. The lowest BCUT2D eigenvalue weighted by Crippen LogP contribution is -2.46. The molecule has 6 aromatic rings. The van der Waals surface area contributed by atoms with Crippen molar-refractivity contribution < 1.29 is 0 Å². The van der Waals surface area contributed by atoms with Crippen LogP contribution in [0.5, 0.6) is 0 Å². The SMILES string of the molecule is CN1CCN(c2nc3c(sc4nnc(-c5ccccc5)c(-c5ccccc5)c43)c(=O)n2-c2ccc(Cl)cc2)CC1. The van der Waals surface area contributed by atoms with E-state index in [0.717, 1.165) is 59.6 Å². The Balaban J connectivity index is 1.58. The van der Waals surface area contributed by atoms with Crippen LogP contribution in [0.2, 0.25) is 5.02 Å². The highest BCUT2D eigenvalue weighted by Gasteiger charge is 2.26. The van der Waals surface area contributed by atoms with Gasteiger partial charge in [0, 0.05) is 47.7 Å². The van der Waals surface area contributed by atoms with E-state index in [4.69, 9.17) is 16.6 Å². The van der Waals surface area contributed by atoms with Gasteiger partial charge in [0.25, 0.3) is 5.56 Å². The van der Waals surface area contributed by atoms with E-state index in [1.165, 1.54) is 11.3 Å². The second-order valence-electron chi connectivity index (χ2n) is 9.93. The number of anilines is 1. The molecule has 9 heteroatoms. The maximum absolute atomic E-state index is 14.3. The van der Waals surface area contributed by atoms with Crippen LogP contribution in [0.15, 0.2) is 89.7 Å². The Bertz CT molecular complexity index is 1900. The zero-order chi connectivity index (χ0) is 27.2. The Morgan fingerprint density at radius 3 is 2.12 bits per heavy atom. The van der Waals surface area contributed by atoms with Gasteiger partial charge in [-0.2, -0.15) is 0 Å². The van der Waals surface area contributed by atoms with Crippen molar-refractivity contribution in [2.24, 2.45) is 0 Å². The first-order valence-corrected chi connectivity index (χ1v) is 14.3. The summed E-state index contributed by atoms with van der Waals surface area (Å²) in [5, 5.41) is 10.8. The molecule has 7 rings (SSSR count). The van der Waals surface area contributed by atoms with Crippen LogP contribution in [0.1, 0.15) is 0 Å². The minimum Gasteiger partial charge on any atom is -0.339 e. The molecule has 198 valence electrons. The van der Waals surface area contributed by atoms with Crippen molar-refractivity contribution in [3.05, 3.63) is 100 Å². The summed E-state index contributed by atoms with van der Waals surface area (Å²) in [6, 6.07) is 27.6. The molecule has 0 radical (unpaired) electrons. The third kappa shape index (κ3) is 4.25. The highest BCUT2D eigenvalue weighted by atomic mass is 35.5. The summed E-state index contributed by atoms with van der Waals surface area (Å²) in [7, 11) is 2.11. The monoisotopic (exact) mass is 564 g/mol. The van der Waals surface area contributed by atoms with Gasteiger partial charge in [0.2, 0.25) is 5.95 Å². The predicted octanol–water partition coefficient (Wildman–Crippen LogP) is 6.13. The first-order valence-electron chi connectivity index (χ1n) is 13.1. The number of hydrogen-bond donors (Lipinski definition) is 0. The van der Waals surface area contributed by atoms with Gasteiger partial charge < -0.3 is 9.80 Å². The van der Waals surface area contributed by atoms with E-state index in [-0.39, 0.29) is 5.56 Å². The quantitative estimate of drug-likeness (QED) is 0.257. The van der Waals surface area contributed by atoms with Crippen LogP contribution in [0.3, 0.4) is 0 Å². The van der Waals surface area contributed by atoms with Gasteiger partial charge in [0.15, 0.2) is 0 Å². The zero-order valence-electron chi connectivity index (χ0n) is 21.8. The van der Waals surface area contributed by atoms with Crippen molar-refractivity contribution >= 4 is 49.3 Å². The molecule has 1 fully saturated rings. The van der Waals surface area contributed by atoms with Crippen LogP contribution >= 0.6 is 22.9 Å². The molecule has 1 aliphatic rings. The molecule has 3 aromatic carbocycles. The van der Waals surface area contributed by atoms with Crippen LogP contribution < -0.4 is 10.5 Å². The van der Waals surface area contributed by atoms with Crippen molar-refractivity contribution in [3.8, 4) is 28.1 Å². The Labute approximate surface area is 239 Å². The molecule has 7 nitrogen and oxygen atoms in total. The Morgan fingerprint density at radius 2 is 1.45 bits per heavy atom. The molecular formula is C31H25ClN6OS. The van der Waals surface area contributed by atoms with Gasteiger partial charge in [-0.25, -0.2) is 9.55 Å². The normalized spacial score (nSPS) is 14.3. The molecule has 1 aliphatic heterocycles. The molecule has 0 unspecified atom stereocenters. The van der Waals surface area contributed by atoms with Gasteiger partial charge in [-0.05, 0) is 36.9 Å². The molecule has 0 atom stereocenters. The topological polar surface area (TPSA) is 67.2 Å². The smallest absolute Gasteiger partial charge is 0.277 e. The van der Waals surface area contributed by atoms with Crippen LogP contribution in [-0.4, -0.2) is 57.9 Å². The average Bonchev–Trinajstić information content (AvgIpc) is 3.38. The van der Waals surface area contributed by atoms with Crippen LogP contribution in [-0.2, 0) is 0 Å². The maximum atomic E-state index is 14.3. The standard InChI is InChI=1S/C31H25ClN6OS/c1-36-16-18-37(19-17-36)31-33-27-25-24(20-8-4-2-5-9-20)26(21-10-6-3-7-11-21)34-35-29(25)40-28(27)30(39)38(31)23-14-12-22(32)13-15-23/h2-15H,16-19H2,1H3. The van der Waals surface area contributed by atoms with E-state index in [9.17, 15) is 4.79 Å². The third-order valence-corrected chi connectivity index (χ3v) is 8.69. The number of piperazine rings is 1. The van der Waals surface area contributed by atoms with Crippen molar-refractivity contribution in [3.63, 3.8) is 0 Å². The van der Waals surface area contributed by atoms with Crippen molar-refractivity contribution in [1.82, 2.24) is 24.6 Å². The number of fused-ring (bicyclic) bond motifs is 3. The van der Waals surface area contributed by atoms with E-state index in [1.54, 1.807) is 16.7 Å². The Kier molecular flexibility index (Phi) is 6.31. The lowest BCUT2D eigenvalue weighted by molar-refractivity contribution is 0.310. The summed E-state index contributed by atoms with van der Waals surface area (Å²) in [6.45, 7) is 3.31. The van der Waals surface area contributed by atoms with Crippen LogP contribution in [0.25, 0.3) is 48.5 Å². The molecule has 1 saturated heterocycles. The van der Waals surface area contributed by atoms with Crippen LogP contribution in [0.4, 0.5) is 5.95 Å². The Hall–Kier alpha value is -4.11. The zero-order valence-corrected chi connectivity index (χ0v) is 23.4. The van der Waals surface area contributed by atoms with E-state index in [0.29, 0.717) is 26.0 Å². The molecule has 4 heterocycles. The molecule has 40 heavy (non-hydrogen) atoms. The first-order chi connectivity index (χ1) is 19.6. The summed E-state index contributed by atoms with van der Waals surface area (Å²) in [6.07, 6.45) is 0. The molecular weight excluding hydrogens is 540 g/mol. The largest absolute Gasteiger partial charge is 0.339 e. The highest BCUT2D eigenvalue weighted by molar-refractivity contribution is 7.25. The van der Waals surface area contributed by atoms with Crippen LogP contribution in [0, 0.1) is 0 Å². The summed E-state index contributed by atoms with van der Waals surface area (Å²) < 4.78 is 2.27. The highest BCUT2D eigenvalue weighted by Crippen LogP contribution is 2.42. The summed E-state index contributed by atoms with van der Waals surface area (Å²) in [5.41, 5.74) is 4.94. The predicted molar refractivity (Wildman–Crippen MR) is 164 cm³/mol. The second-order valence-corrected chi connectivity index (χ2v) is 11.4. The number of halogens is 1. The lowest BCUT2D eigenvalue weighted by atomic mass is 9.97. The lowest BCUT2D eigenvalue weighted by Gasteiger charge is -2.34. The van der Waals surface area contributed by atoms with Gasteiger partial charge in [-0.3, -0.25) is 4.79 Å². The minimum atomic E-state index is -0.121. The van der Waals surface area contributed by atoms with E-state index in [2.05, 4.69) is 39.2 Å². The minimum absolute atomic E-state index is 0.121. The number of rotatable bonds is 4. The van der Waals surface area contributed by atoms with E-state index in [1.807, 2.05) is 60.7 Å². The van der Waals surface area contributed by atoms with Gasteiger partial charge in [0.1, 0.15) is 20.7 Å². The number of hydrogen-bond acceptors (Lipinski definition) is 7. The molecule has 0 saturated carbocycles. The maximum Gasteiger partial charge on any atom is 0.277 e. The van der Waals surface area contributed by atoms with Gasteiger partial charge in [-0.15, -0.1) is 21.5 Å². The average molecular weight is 565 g/mol. The molecule has 3 aromatic heterocycles. The third-order valence-electron chi connectivity index (χ3n) is 7.38. The molecule has 0 aliphatic carbocycles. The van der Waals surface area contributed by atoms with E-state index < -0.39 is 0 Å². The van der Waals surface area contributed by atoms with Crippen molar-refractivity contribution in [1.29, 1.82) is 0 Å². The Morgan fingerprint density at radius 1 is 0.800 bits per heavy atom. The van der Waals surface area contributed by atoms with Crippen molar-refractivity contribution in [2.45, 2.75) is 0 Å². The fourth-order valence-corrected chi connectivity index (χ4v) is 6.41. The molecule has 0 N–H and O–H groups in total. The fourth-order valence-electron chi connectivity index (χ4n) is 5.29. The summed E-state index contributed by atoms with van der Waals surface area (Å²) >= 11 is 7.55. The van der Waals surface area contributed by atoms with Gasteiger partial charge in [0.05, 0.1) is 5.69 Å². The number of thiophene rings is 1. The molecule has 0 spiro atoms. The molecule has 0 bridgehead atoms. The van der Waals surface area contributed by atoms with Crippen molar-refractivity contribution in [2.75, 3.05) is 38.1 Å². The molecule has 0 amide bonds. The van der Waals surface area contributed by atoms with Gasteiger partial charge >= 0.3 is 0 Å². The van der Waals surface area contributed by atoms with E-state index >= 15 is 0 Å². The van der Waals surface area contributed by atoms with Gasteiger partial charge in [-0.1, -0.05) is 72.3 Å².